The van der Waals surface area contributed by atoms with Gasteiger partial charge in [-0.05, 0) is 26.8 Å². The Bertz CT molecular complexity index is 555. The van der Waals surface area contributed by atoms with E-state index in [1.54, 1.807) is 13.8 Å². The molecule has 0 aliphatic carbocycles. The number of nitro groups is 1. The van der Waals surface area contributed by atoms with Crippen LogP contribution >= 0.6 is 0 Å². The number of ether oxygens (including phenoxy) is 3. The Kier molecular flexibility index (Phi) is 6.15. The molecule has 1 rings (SSSR count). The zero-order chi connectivity index (χ0) is 16.9. The summed E-state index contributed by atoms with van der Waals surface area (Å²) >= 11 is 0. The Morgan fingerprint density at radius 1 is 1.27 bits per heavy atom. The molecule has 7 nitrogen and oxygen atoms in total. The fourth-order valence-corrected chi connectivity index (χ4v) is 1.90. The first-order valence-electron chi connectivity index (χ1n) is 7.02. The first-order chi connectivity index (χ1) is 10.3. The normalized spacial score (nSPS) is 11.9. The van der Waals surface area contributed by atoms with Crippen molar-refractivity contribution in [3.05, 3.63) is 27.8 Å². The molecule has 122 valence electrons. The van der Waals surface area contributed by atoms with Crippen LogP contribution in [0, 0.1) is 10.1 Å². The van der Waals surface area contributed by atoms with E-state index in [1.165, 1.54) is 19.2 Å². The third kappa shape index (κ3) is 4.34. The lowest BCUT2D eigenvalue weighted by Crippen LogP contribution is -2.11. The van der Waals surface area contributed by atoms with Crippen molar-refractivity contribution in [2.24, 2.45) is 0 Å². The van der Waals surface area contributed by atoms with Gasteiger partial charge in [-0.15, -0.1) is 0 Å². The molecular formula is C15H21NO6. The molecule has 22 heavy (non-hydrogen) atoms. The summed E-state index contributed by atoms with van der Waals surface area (Å²) in [5, 5.41) is 11.3. The Hall–Kier alpha value is -2.31. The van der Waals surface area contributed by atoms with Crippen LogP contribution in [0.15, 0.2) is 12.1 Å². The van der Waals surface area contributed by atoms with Gasteiger partial charge >= 0.3 is 5.97 Å². The quantitative estimate of drug-likeness (QED) is 0.435. The van der Waals surface area contributed by atoms with E-state index in [-0.39, 0.29) is 29.5 Å². The second-order valence-corrected chi connectivity index (χ2v) is 4.97. The summed E-state index contributed by atoms with van der Waals surface area (Å²) in [5.74, 6) is 0.207. The van der Waals surface area contributed by atoms with E-state index in [0.717, 1.165) is 0 Å². The summed E-state index contributed by atoms with van der Waals surface area (Å²) in [6.07, 6.45) is -0.714. The van der Waals surface area contributed by atoms with Crippen molar-refractivity contribution in [3.63, 3.8) is 0 Å². The van der Waals surface area contributed by atoms with Crippen molar-refractivity contribution in [3.8, 4) is 11.5 Å². The molecule has 0 bridgehead atoms. The summed E-state index contributed by atoms with van der Waals surface area (Å²) in [7, 11) is 1.45. The van der Waals surface area contributed by atoms with Crippen molar-refractivity contribution in [1.29, 1.82) is 0 Å². The molecule has 0 aliphatic heterocycles. The van der Waals surface area contributed by atoms with Gasteiger partial charge < -0.3 is 14.2 Å². The van der Waals surface area contributed by atoms with Gasteiger partial charge in [0.25, 0.3) is 5.69 Å². The molecule has 1 unspecified atom stereocenters. The van der Waals surface area contributed by atoms with Crippen molar-refractivity contribution < 1.29 is 23.9 Å². The zero-order valence-electron chi connectivity index (χ0n) is 13.4. The van der Waals surface area contributed by atoms with Crippen LogP contribution in [0.3, 0.4) is 0 Å². The van der Waals surface area contributed by atoms with E-state index >= 15 is 0 Å². The van der Waals surface area contributed by atoms with Gasteiger partial charge in [-0.3, -0.25) is 14.9 Å². The molecule has 0 spiro atoms. The maximum Gasteiger partial charge on any atom is 0.306 e. The maximum atomic E-state index is 11.4. The van der Waals surface area contributed by atoms with Crippen LogP contribution in [0.4, 0.5) is 5.69 Å². The summed E-state index contributed by atoms with van der Waals surface area (Å²) in [6.45, 7) is 6.86. The molecular weight excluding hydrogens is 290 g/mol. The van der Waals surface area contributed by atoms with Crippen molar-refractivity contribution in [1.82, 2.24) is 0 Å². The van der Waals surface area contributed by atoms with Gasteiger partial charge in [-0.25, -0.2) is 0 Å². The number of nitrogens with zero attached hydrogens (tertiary/aromatic N) is 1. The average molecular weight is 311 g/mol. The van der Waals surface area contributed by atoms with Gasteiger partial charge in [0, 0.05) is 6.42 Å². The summed E-state index contributed by atoms with van der Waals surface area (Å²) in [4.78, 5) is 22.2. The van der Waals surface area contributed by atoms with Crippen LogP contribution in [-0.4, -0.2) is 24.1 Å². The topological polar surface area (TPSA) is 87.9 Å². The molecule has 1 aromatic rings. The highest BCUT2D eigenvalue weighted by molar-refractivity contribution is 5.69. The van der Waals surface area contributed by atoms with Gasteiger partial charge in [0.05, 0.1) is 29.8 Å². The lowest BCUT2D eigenvalue weighted by Gasteiger charge is -2.18. The molecule has 7 heteroatoms. The number of benzene rings is 1. The van der Waals surface area contributed by atoms with Crippen molar-refractivity contribution in [2.45, 2.75) is 46.3 Å². The third-order valence-corrected chi connectivity index (χ3v) is 2.91. The lowest BCUT2D eigenvalue weighted by molar-refractivity contribution is -0.386. The molecule has 0 amide bonds. The minimum Gasteiger partial charge on any atom is -0.493 e. The molecule has 0 aromatic heterocycles. The Morgan fingerprint density at radius 2 is 1.91 bits per heavy atom. The minimum atomic E-state index is -0.755. The number of nitro benzene ring substituents is 1. The van der Waals surface area contributed by atoms with E-state index in [1.807, 2.05) is 13.8 Å². The molecule has 0 fully saturated rings. The smallest absolute Gasteiger partial charge is 0.306 e. The molecule has 0 heterocycles. The van der Waals surface area contributed by atoms with Crippen LogP contribution in [0.5, 0.6) is 11.5 Å². The first kappa shape index (κ1) is 17.7. The standard InChI is InChI=1S/C15H21NO6/c1-6-15(17)22-10(4)11-7-13(20-5)14(21-9(2)3)8-12(11)16(18)19/h7-10H,6H2,1-5H3. The predicted molar refractivity (Wildman–Crippen MR) is 80.2 cm³/mol. The van der Waals surface area contributed by atoms with Gasteiger partial charge in [0.1, 0.15) is 6.10 Å². The number of carbonyl (C=O) groups excluding carboxylic acids is 1. The van der Waals surface area contributed by atoms with E-state index in [9.17, 15) is 14.9 Å². The Morgan fingerprint density at radius 3 is 2.36 bits per heavy atom. The van der Waals surface area contributed by atoms with Gasteiger partial charge in [0.2, 0.25) is 0 Å². The number of carbonyl (C=O) groups is 1. The summed E-state index contributed by atoms with van der Waals surface area (Å²) in [5.41, 5.74) is 0.0904. The fraction of sp³-hybridized carbons (Fsp3) is 0.533. The average Bonchev–Trinajstić information content (AvgIpc) is 2.45. The molecule has 1 atom stereocenters. The molecule has 0 aliphatic rings. The second kappa shape index (κ2) is 7.63. The highest BCUT2D eigenvalue weighted by atomic mass is 16.6. The number of hydrogen-bond acceptors (Lipinski definition) is 6. The number of methoxy groups -OCH3 is 1. The van der Waals surface area contributed by atoms with Crippen molar-refractivity contribution >= 4 is 11.7 Å². The number of esters is 1. The van der Waals surface area contributed by atoms with Gasteiger partial charge in [-0.2, -0.15) is 0 Å². The number of rotatable bonds is 7. The largest absolute Gasteiger partial charge is 0.493 e. The molecule has 0 saturated heterocycles. The maximum absolute atomic E-state index is 11.4. The highest BCUT2D eigenvalue weighted by Gasteiger charge is 2.25. The highest BCUT2D eigenvalue weighted by Crippen LogP contribution is 2.38. The second-order valence-electron chi connectivity index (χ2n) is 4.97. The fourth-order valence-electron chi connectivity index (χ4n) is 1.90. The van der Waals surface area contributed by atoms with E-state index < -0.39 is 17.0 Å². The van der Waals surface area contributed by atoms with E-state index in [4.69, 9.17) is 14.2 Å². The number of hydrogen-bond donors (Lipinski definition) is 0. The first-order valence-corrected chi connectivity index (χ1v) is 7.02. The Labute approximate surface area is 129 Å². The van der Waals surface area contributed by atoms with Gasteiger partial charge in [0.15, 0.2) is 11.5 Å². The molecule has 0 N–H and O–H groups in total. The summed E-state index contributed by atoms with van der Waals surface area (Å²) < 4.78 is 15.9. The van der Waals surface area contributed by atoms with Crippen LogP contribution in [-0.2, 0) is 9.53 Å². The minimum absolute atomic E-state index is 0.158. The predicted octanol–water partition coefficient (Wildman–Crippen LogP) is 3.40. The zero-order valence-corrected chi connectivity index (χ0v) is 13.4. The van der Waals surface area contributed by atoms with Gasteiger partial charge in [-0.1, -0.05) is 6.92 Å². The summed E-state index contributed by atoms with van der Waals surface area (Å²) in [6, 6.07) is 2.77. The third-order valence-electron chi connectivity index (χ3n) is 2.91. The van der Waals surface area contributed by atoms with Crippen LogP contribution < -0.4 is 9.47 Å². The van der Waals surface area contributed by atoms with Crippen LogP contribution in [0.1, 0.15) is 45.8 Å². The van der Waals surface area contributed by atoms with Crippen molar-refractivity contribution in [2.75, 3.05) is 7.11 Å². The molecule has 0 saturated carbocycles. The van der Waals surface area contributed by atoms with Crippen LogP contribution in [0.25, 0.3) is 0 Å². The SMILES string of the molecule is CCC(=O)OC(C)c1cc(OC)c(OC(C)C)cc1[N+](=O)[O-]. The van der Waals surface area contributed by atoms with E-state index in [2.05, 4.69) is 0 Å². The molecule has 0 radical (unpaired) electrons. The molecule has 1 aromatic carbocycles. The van der Waals surface area contributed by atoms with E-state index in [0.29, 0.717) is 5.75 Å². The monoisotopic (exact) mass is 311 g/mol. The lowest BCUT2D eigenvalue weighted by atomic mass is 10.1. The van der Waals surface area contributed by atoms with Crippen LogP contribution in [0.2, 0.25) is 0 Å². The Balaban J connectivity index is 3.30.